The molecule has 0 atom stereocenters. The molecule has 0 fully saturated rings. The molecule has 1 aromatic rings. The van der Waals surface area contributed by atoms with Crippen LogP contribution >= 0.6 is 0 Å². The molecule has 2 N–H and O–H groups in total. The highest BCUT2D eigenvalue weighted by molar-refractivity contribution is 5.89. The topological polar surface area (TPSA) is 81.1 Å². The minimum atomic E-state index is -0.963. The van der Waals surface area contributed by atoms with Crippen LogP contribution in [-0.2, 0) is 6.42 Å². The van der Waals surface area contributed by atoms with Crippen LogP contribution in [0.2, 0.25) is 0 Å². The first-order valence-electron chi connectivity index (χ1n) is 6.93. The van der Waals surface area contributed by atoms with Gasteiger partial charge in [-0.3, -0.25) is 0 Å². The minimum Gasteiger partial charge on any atom is -0.478 e. The Bertz CT molecular complexity index is 490. The SMILES string of the molecule is CCN(CCO)C(=O)N(C)CCc1ccccc1C(=O)O. The van der Waals surface area contributed by atoms with Crippen LogP contribution < -0.4 is 0 Å². The molecule has 0 aliphatic heterocycles. The van der Waals surface area contributed by atoms with Crippen LogP contribution in [0.5, 0.6) is 0 Å². The number of nitrogens with zero attached hydrogens (tertiary/aromatic N) is 2. The first-order chi connectivity index (χ1) is 10.0. The Morgan fingerprint density at radius 1 is 1.19 bits per heavy atom. The monoisotopic (exact) mass is 294 g/mol. The maximum Gasteiger partial charge on any atom is 0.335 e. The summed E-state index contributed by atoms with van der Waals surface area (Å²) in [4.78, 5) is 26.3. The number of urea groups is 1. The number of carbonyl (C=O) groups excluding carboxylic acids is 1. The summed E-state index contributed by atoms with van der Waals surface area (Å²) in [5.41, 5.74) is 0.968. The van der Waals surface area contributed by atoms with E-state index < -0.39 is 5.97 Å². The van der Waals surface area contributed by atoms with Crippen molar-refractivity contribution in [2.75, 3.05) is 33.3 Å². The summed E-state index contributed by atoms with van der Waals surface area (Å²) < 4.78 is 0. The zero-order valence-corrected chi connectivity index (χ0v) is 12.5. The Kier molecular flexibility index (Phi) is 6.68. The lowest BCUT2D eigenvalue weighted by molar-refractivity contribution is 0.0695. The predicted molar refractivity (Wildman–Crippen MR) is 79.5 cm³/mol. The second-order valence-corrected chi connectivity index (χ2v) is 4.72. The van der Waals surface area contributed by atoms with E-state index in [1.54, 1.807) is 36.2 Å². The molecular weight excluding hydrogens is 272 g/mol. The third-order valence-corrected chi connectivity index (χ3v) is 3.31. The van der Waals surface area contributed by atoms with Crippen LogP contribution in [0.1, 0.15) is 22.8 Å². The Morgan fingerprint density at radius 3 is 2.43 bits per heavy atom. The second-order valence-electron chi connectivity index (χ2n) is 4.72. The van der Waals surface area contributed by atoms with E-state index in [1.807, 2.05) is 6.92 Å². The Morgan fingerprint density at radius 2 is 1.86 bits per heavy atom. The number of carboxylic acid groups (broad SMARTS) is 1. The number of aromatic carboxylic acids is 1. The molecule has 0 aliphatic carbocycles. The molecule has 2 amide bonds. The van der Waals surface area contributed by atoms with Gasteiger partial charge in [0.1, 0.15) is 0 Å². The number of aliphatic hydroxyl groups is 1. The fourth-order valence-electron chi connectivity index (χ4n) is 2.08. The van der Waals surface area contributed by atoms with Crippen molar-refractivity contribution in [1.29, 1.82) is 0 Å². The number of hydrogen-bond acceptors (Lipinski definition) is 3. The van der Waals surface area contributed by atoms with Gasteiger partial charge in [0.05, 0.1) is 12.2 Å². The number of amides is 2. The number of likely N-dealkylation sites (N-methyl/N-ethyl adjacent to an activating group) is 2. The molecule has 6 nitrogen and oxygen atoms in total. The van der Waals surface area contributed by atoms with Gasteiger partial charge in [-0.25, -0.2) is 9.59 Å². The zero-order chi connectivity index (χ0) is 15.8. The average molecular weight is 294 g/mol. The van der Waals surface area contributed by atoms with Gasteiger partial charge in [0.25, 0.3) is 0 Å². The third-order valence-electron chi connectivity index (χ3n) is 3.31. The quantitative estimate of drug-likeness (QED) is 0.794. The van der Waals surface area contributed by atoms with E-state index in [0.717, 1.165) is 0 Å². The standard InChI is InChI=1S/C15H22N2O4/c1-3-17(10-11-18)15(21)16(2)9-8-12-6-4-5-7-13(12)14(19)20/h4-7,18H,3,8-11H2,1-2H3,(H,19,20). The highest BCUT2D eigenvalue weighted by atomic mass is 16.4. The minimum absolute atomic E-state index is 0.0741. The first kappa shape index (κ1) is 17.0. The van der Waals surface area contributed by atoms with Crippen LogP contribution in [0.25, 0.3) is 0 Å². The molecule has 0 unspecified atom stereocenters. The Balaban J connectivity index is 2.66. The molecule has 116 valence electrons. The van der Waals surface area contributed by atoms with Gasteiger partial charge in [0.15, 0.2) is 0 Å². The van der Waals surface area contributed by atoms with E-state index in [9.17, 15) is 9.59 Å². The molecule has 0 bridgehead atoms. The summed E-state index contributed by atoms with van der Waals surface area (Å²) in [6.07, 6.45) is 0.474. The van der Waals surface area contributed by atoms with Gasteiger partial charge in [-0.1, -0.05) is 18.2 Å². The van der Waals surface area contributed by atoms with E-state index >= 15 is 0 Å². The molecule has 0 heterocycles. The molecule has 1 rings (SSSR count). The summed E-state index contributed by atoms with van der Waals surface area (Å²) >= 11 is 0. The van der Waals surface area contributed by atoms with Crippen LogP contribution in [0.4, 0.5) is 4.79 Å². The maximum atomic E-state index is 12.1. The average Bonchev–Trinajstić information content (AvgIpc) is 2.49. The van der Waals surface area contributed by atoms with Crippen molar-refractivity contribution >= 4 is 12.0 Å². The highest BCUT2D eigenvalue weighted by Gasteiger charge is 2.16. The second kappa shape index (κ2) is 8.26. The van der Waals surface area contributed by atoms with Crippen LogP contribution in [-0.4, -0.2) is 65.3 Å². The fourth-order valence-corrected chi connectivity index (χ4v) is 2.08. The normalized spacial score (nSPS) is 10.2. The van der Waals surface area contributed by atoms with Gasteiger partial charge in [0, 0.05) is 26.7 Å². The molecule has 0 spiro atoms. The molecule has 0 aromatic heterocycles. The van der Waals surface area contributed by atoms with E-state index in [-0.39, 0.29) is 18.2 Å². The number of rotatable bonds is 7. The summed E-state index contributed by atoms with van der Waals surface area (Å²) in [5.74, 6) is -0.963. The maximum absolute atomic E-state index is 12.1. The summed E-state index contributed by atoms with van der Waals surface area (Å²) in [7, 11) is 1.67. The number of hydrogen-bond donors (Lipinski definition) is 2. The summed E-state index contributed by atoms with van der Waals surface area (Å²) in [6, 6.07) is 6.62. The Hall–Kier alpha value is -2.08. The van der Waals surface area contributed by atoms with Crippen LogP contribution in [0, 0.1) is 0 Å². The van der Waals surface area contributed by atoms with Gasteiger partial charge in [-0.15, -0.1) is 0 Å². The lowest BCUT2D eigenvalue weighted by Crippen LogP contribution is -2.43. The highest BCUT2D eigenvalue weighted by Crippen LogP contribution is 2.10. The van der Waals surface area contributed by atoms with Crippen molar-refractivity contribution in [3.8, 4) is 0 Å². The molecule has 0 radical (unpaired) electrons. The lowest BCUT2D eigenvalue weighted by Gasteiger charge is -2.26. The van der Waals surface area contributed by atoms with Crippen molar-refractivity contribution in [2.24, 2.45) is 0 Å². The van der Waals surface area contributed by atoms with Gasteiger partial charge >= 0.3 is 12.0 Å². The predicted octanol–water partition coefficient (Wildman–Crippen LogP) is 1.29. The molecule has 6 heteroatoms. The lowest BCUT2D eigenvalue weighted by atomic mass is 10.0. The zero-order valence-electron chi connectivity index (χ0n) is 12.5. The Labute approximate surface area is 124 Å². The number of benzene rings is 1. The molecular formula is C15H22N2O4. The molecule has 0 saturated carbocycles. The number of carbonyl (C=O) groups is 2. The van der Waals surface area contributed by atoms with Crippen LogP contribution in [0.15, 0.2) is 24.3 Å². The fraction of sp³-hybridized carbons (Fsp3) is 0.467. The largest absolute Gasteiger partial charge is 0.478 e. The van der Waals surface area contributed by atoms with Crippen molar-refractivity contribution in [1.82, 2.24) is 9.80 Å². The smallest absolute Gasteiger partial charge is 0.335 e. The molecule has 1 aromatic carbocycles. The first-order valence-corrected chi connectivity index (χ1v) is 6.93. The van der Waals surface area contributed by atoms with Gasteiger partial charge in [0.2, 0.25) is 0 Å². The van der Waals surface area contributed by atoms with Gasteiger partial charge in [-0.05, 0) is 25.0 Å². The van der Waals surface area contributed by atoms with Crippen molar-refractivity contribution in [3.63, 3.8) is 0 Å². The van der Waals surface area contributed by atoms with Gasteiger partial charge in [-0.2, -0.15) is 0 Å². The molecule has 21 heavy (non-hydrogen) atoms. The number of aliphatic hydroxyl groups excluding tert-OH is 1. The van der Waals surface area contributed by atoms with E-state index in [1.165, 1.54) is 4.90 Å². The van der Waals surface area contributed by atoms with E-state index in [0.29, 0.717) is 31.6 Å². The van der Waals surface area contributed by atoms with Gasteiger partial charge < -0.3 is 20.0 Å². The number of carboxylic acids is 1. The molecule has 0 aliphatic rings. The van der Waals surface area contributed by atoms with Crippen LogP contribution in [0.3, 0.4) is 0 Å². The van der Waals surface area contributed by atoms with E-state index in [2.05, 4.69) is 0 Å². The molecule has 0 saturated heterocycles. The van der Waals surface area contributed by atoms with E-state index in [4.69, 9.17) is 10.2 Å². The van der Waals surface area contributed by atoms with Crippen molar-refractivity contribution in [3.05, 3.63) is 35.4 Å². The van der Waals surface area contributed by atoms with Crippen molar-refractivity contribution < 1.29 is 19.8 Å². The third kappa shape index (κ3) is 4.75. The summed E-state index contributed by atoms with van der Waals surface area (Å²) in [6.45, 7) is 3.02. The summed E-state index contributed by atoms with van der Waals surface area (Å²) in [5, 5.41) is 18.0. The van der Waals surface area contributed by atoms with Crippen molar-refractivity contribution in [2.45, 2.75) is 13.3 Å².